The summed E-state index contributed by atoms with van der Waals surface area (Å²) >= 11 is 0. The van der Waals surface area contributed by atoms with Crippen molar-refractivity contribution >= 4 is 25.7 Å². The van der Waals surface area contributed by atoms with E-state index in [0.29, 0.717) is 12.8 Å². The van der Waals surface area contributed by atoms with Crippen LogP contribution in [0, 0.1) is 0 Å². The van der Waals surface area contributed by atoms with Gasteiger partial charge in [0.1, 0.15) is 12.6 Å². The molecule has 0 saturated heterocycles. The van der Waals surface area contributed by atoms with E-state index < -0.39 is 51.1 Å². The second-order valence-corrected chi connectivity index (χ2v) is 19.1. The maximum absolute atomic E-state index is 12.7. The number of hydrogen-bond acceptors (Lipinski definition) is 9. The number of ether oxygens (including phenoxy) is 2. The van der Waals surface area contributed by atoms with Crippen molar-refractivity contribution in [1.82, 2.24) is 0 Å². The van der Waals surface area contributed by atoms with Crippen molar-refractivity contribution in [3.63, 3.8) is 0 Å². The Morgan fingerprint density at radius 2 is 0.806 bits per heavy atom. The van der Waals surface area contributed by atoms with Gasteiger partial charge in [-0.25, -0.2) is 4.57 Å². The van der Waals surface area contributed by atoms with E-state index in [-0.39, 0.29) is 19.4 Å². The van der Waals surface area contributed by atoms with Crippen molar-refractivity contribution in [3.05, 3.63) is 12.2 Å². The Morgan fingerprint density at radius 1 is 0.484 bits per heavy atom. The fourth-order valence-corrected chi connectivity index (χ4v) is 8.25. The van der Waals surface area contributed by atoms with Crippen LogP contribution in [0.1, 0.15) is 258 Å². The van der Waals surface area contributed by atoms with Gasteiger partial charge in [-0.1, -0.05) is 219 Å². The molecule has 0 aromatic carbocycles. The first kappa shape index (κ1) is 60.2. The Balaban J connectivity index is 4.21. The molecule has 0 saturated carbocycles. The summed E-state index contributed by atoms with van der Waals surface area (Å²) in [4.78, 5) is 46.2. The maximum Gasteiger partial charge on any atom is 0.472 e. The standard InChI is InChI=1S/C50H96NO10P/c1-3-5-7-9-11-13-15-17-19-21-23-25-27-29-31-33-35-37-39-41-48(52)58-43-46(44-59-62(56,57)60-45-47(51)50(54)55)61-49(53)42-40-38-36-34-32-30-28-26-24-22-20-18-16-14-12-10-8-6-4-2/h18,20,46-47H,3-17,19,21-45,51H2,1-2H3,(H,54,55)(H,56,57)/b20-18-. The molecule has 366 valence electrons. The fraction of sp³-hybridized carbons (Fsp3) is 0.900. The molecule has 0 rings (SSSR count). The fourth-order valence-electron chi connectivity index (χ4n) is 7.47. The highest BCUT2D eigenvalue weighted by Gasteiger charge is 2.28. The molecule has 0 aliphatic carbocycles. The smallest absolute Gasteiger partial charge is 0.472 e. The molecule has 0 aromatic heterocycles. The average Bonchev–Trinajstić information content (AvgIpc) is 3.25. The minimum absolute atomic E-state index is 0.164. The molecule has 12 heteroatoms. The number of phosphoric ester groups is 1. The van der Waals surface area contributed by atoms with Gasteiger partial charge < -0.3 is 25.2 Å². The molecule has 0 amide bonds. The third-order valence-corrected chi connectivity index (χ3v) is 12.5. The predicted molar refractivity (Wildman–Crippen MR) is 254 cm³/mol. The number of carbonyl (C=O) groups is 3. The number of hydrogen-bond donors (Lipinski definition) is 3. The molecule has 0 aliphatic rings. The van der Waals surface area contributed by atoms with Crippen LogP contribution in [-0.4, -0.2) is 59.9 Å². The largest absolute Gasteiger partial charge is 0.480 e. The lowest BCUT2D eigenvalue weighted by molar-refractivity contribution is -0.161. The molecular formula is C50H96NO10P. The van der Waals surface area contributed by atoms with E-state index in [2.05, 4.69) is 30.5 Å². The SMILES string of the molecule is CCCCCCCC/C=C\CCCCCCCCCCCC(=O)OC(COC(=O)CCCCCCCCCCCCCCCCCCCCC)COP(=O)(O)OCC(N)C(=O)O. The normalized spacial score (nSPS) is 13.6. The summed E-state index contributed by atoms with van der Waals surface area (Å²) in [6.45, 7) is 2.85. The minimum atomic E-state index is -4.72. The predicted octanol–water partition coefficient (Wildman–Crippen LogP) is 14.4. The lowest BCUT2D eigenvalue weighted by Crippen LogP contribution is -2.34. The molecule has 3 atom stereocenters. The van der Waals surface area contributed by atoms with Gasteiger partial charge in [-0.05, 0) is 38.5 Å². The number of carboxylic acid groups (broad SMARTS) is 1. The van der Waals surface area contributed by atoms with Crippen LogP contribution in [0.3, 0.4) is 0 Å². The summed E-state index contributed by atoms with van der Waals surface area (Å²) in [5.74, 6) is -2.36. The number of allylic oxidation sites excluding steroid dienone is 2. The zero-order valence-electron chi connectivity index (χ0n) is 40.0. The Bertz CT molecular complexity index is 1110. The average molecular weight is 902 g/mol. The first-order valence-electron chi connectivity index (χ1n) is 25.7. The van der Waals surface area contributed by atoms with Crippen LogP contribution in [-0.2, 0) is 37.5 Å². The van der Waals surface area contributed by atoms with E-state index >= 15 is 0 Å². The van der Waals surface area contributed by atoms with Gasteiger partial charge in [0.2, 0.25) is 0 Å². The topological polar surface area (TPSA) is 172 Å². The summed E-state index contributed by atoms with van der Waals surface area (Å²) in [6.07, 6.45) is 48.4. The summed E-state index contributed by atoms with van der Waals surface area (Å²) in [7, 11) is -4.72. The zero-order valence-corrected chi connectivity index (χ0v) is 40.9. The molecule has 0 bridgehead atoms. The molecule has 11 nitrogen and oxygen atoms in total. The number of nitrogens with two attached hydrogens (primary N) is 1. The van der Waals surface area contributed by atoms with Gasteiger partial charge in [0.25, 0.3) is 0 Å². The molecule has 0 aromatic rings. The number of esters is 2. The van der Waals surface area contributed by atoms with Gasteiger partial charge in [0, 0.05) is 12.8 Å². The molecule has 3 unspecified atom stereocenters. The van der Waals surface area contributed by atoms with Crippen molar-refractivity contribution in [2.75, 3.05) is 19.8 Å². The Morgan fingerprint density at radius 3 is 1.18 bits per heavy atom. The van der Waals surface area contributed by atoms with Crippen molar-refractivity contribution in [1.29, 1.82) is 0 Å². The molecule has 62 heavy (non-hydrogen) atoms. The number of aliphatic carboxylic acids is 1. The summed E-state index contributed by atoms with van der Waals surface area (Å²) in [5, 5.41) is 8.92. The highest BCUT2D eigenvalue weighted by molar-refractivity contribution is 7.47. The Labute approximate surface area is 379 Å². The lowest BCUT2D eigenvalue weighted by atomic mass is 10.0. The van der Waals surface area contributed by atoms with E-state index in [4.69, 9.17) is 24.8 Å². The Hall–Kier alpha value is -1.78. The summed E-state index contributed by atoms with van der Waals surface area (Å²) in [5.41, 5.74) is 5.35. The lowest BCUT2D eigenvalue weighted by Gasteiger charge is -2.20. The van der Waals surface area contributed by atoms with Crippen LogP contribution >= 0.6 is 7.82 Å². The summed E-state index contributed by atoms with van der Waals surface area (Å²) in [6, 6.07) is -1.52. The van der Waals surface area contributed by atoms with Crippen LogP contribution in [0.25, 0.3) is 0 Å². The van der Waals surface area contributed by atoms with Crippen molar-refractivity contribution < 1.29 is 47.5 Å². The molecule has 0 aliphatic heterocycles. The quantitative estimate of drug-likeness (QED) is 0.0230. The molecule has 0 spiro atoms. The molecule has 0 radical (unpaired) electrons. The van der Waals surface area contributed by atoms with Gasteiger partial charge >= 0.3 is 25.7 Å². The monoisotopic (exact) mass is 902 g/mol. The first-order chi connectivity index (χ1) is 30.1. The van der Waals surface area contributed by atoms with E-state index in [0.717, 1.165) is 38.5 Å². The second kappa shape index (κ2) is 45.8. The van der Waals surface area contributed by atoms with Crippen LogP contribution in [0.15, 0.2) is 12.2 Å². The second-order valence-electron chi connectivity index (χ2n) is 17.7. The van der Waals surface area contributed by atoms with Gasteiger partial charge in [0.05, 0.1) is 13.2 Å². The number of carboxylic acids is 1. The third-order valence-electron chi connectivity index (χ3n) is 11.5. The highest BCUT2D eigenvalue weighted by atomic mass is 31.2. The molecule has 0 heterocycles. The van der Waals surface area contributed by atoms with Crippen molar-refractivity contribution in [2.45, 2.75) is 270 Å². The van der Waals surface area contributed by atoms with E-state index in [1.165, 1.54) is 180 Å². The van der Waals surface area contributed by atoms with Gasteiger partial charge in [-0.3, -0.25) is 23.4 Å². The van der Waals surface area contributed by atoms with Crippen LogP contribution in [0.4, 0.5) is 0 Å². The minimum Gasteiger partial charge on any atom is -0.480 e. The number of carbonyl (C=O) groups excluding carboxylic acids is 2. The van der Waals surface area contributed by atoms with Gasteiger partial charge in [0.15, 0.2) is 6.10 Å². The maximum atomic E-state index is 12.7. The third kappa shape index (κ3) is 44.8. The number of phosphoric acid groups is 1. The van der Waals surface area contributed by atoms with Crippen LogP contribution in [0.2, 0.25) is 0 Å². The highest BCUT2D eigenvalue weighted by Crippen LogP contribution is 2.43. The van der Waals surface area contributed by atoms with Crippen molar-refractivity contribution in [2.24, 2.45) is 5.73 Å². The first-order valence-corrected chi connectivity index (χ1v) is 27.2. The number of unbranched alkanes of at least 4 members (excludes halogenated alkanes) is 33. The van der Waals surface area contributed by atoms with Crippen LogP contribution < -0.4 is 5.73 Å². The molecule has 4 N–H and O–H groups in total. The zero-order chi connectivity index (χ0) is 45.6. The van der Waals surface area contributed by atoms with Gasteiger partial charge in [-0.15, -0.1) is 0 Å². The molecule has 0 fully saturated rings. The summed E-state index contributed by atoms with van der Waals surface area (Å²) < 4.78 is 32.9. The van der Waals surface area contributed by atoms with E-state index in [1.54, 1.807) is 0 Å². The van der Waals surface area contributed by atoms with Gasteiger partial charge in [-0.2, -0.15) is 0 Å². The van der Waals surface area contributed by atoms with Crippen molar-refractivity contribution in [3.8, 4) is 0 Å². The van der Waals surface area contributed by atoms with E-state index in [1.807, 2.05) is 0 Å². The van der Waals surface area contributed by atoms with E-state index in [9.17, 15) is 23.8 Å². The Kier molecular flexibility index (Phi) is 44.5. The molecular weight excluding hydrogens is 806 g/mol. The number of rotatable bonds is 49. The van der Waals surface area contributed by atoms with Crippen LogP contribution in [0.5, 0.6) is 0 Å².